The Morgan fingerprint density at radius 3 is 2.29 bits per heavy atom. The van der Waals surface area contributed by atoms with Crippen molar-refractivity contribution in [2.45, 2.75) is 63.0 Å². The molecule has 0 radical (unpaired) electrons. The number of nitrogens with zero attached hydrogens (tertiary/aromatic N) is 1. The largest absolute Gasteiger partial charge is 0.478 e. The first-order valence-electron chi connectivity index (χ1n) is 11.5. The summed E-state index contributed by atoms with van der Waals surface area (Å²) in [6.07, 6.45) is 9.98. The van der Waals surface area contributed by atoms with E-state index in [0.29, 0.717) is 28.7 Å². The zero-order valence-corrected chi connectivity index (χ0v) is 18.0. The predicted octanol–water partition coefficient (Wildman–Crippen LogP) is 1.63. The second-order valence-electron chi connectivity index (χ2n) is 10.9. The van der Waals surface area contributed by atoms with Crippen LogP contribution in [-0.4, -0.2) is 64.8 Å². The van der Waals surface area contributed by atoms with Gasteiger partial charge in [0.1, 0.15) is 11.6 Å². The van der Waals surface area contributed by atoms with Crippen LogP contribution < -0.4 is 5.73 Å². The Morgan fingerprint density at radius 1 is 1.10 bits per heavy atom. The van der Waals surface area contributed by atoms with Gasteiger partial charge in [-0.1, -0.05) is 0 Å². The second-order valence-corrected chi connectivity index (χ2v) is 10.9. The smallest absolute Gasteiger partial charge is 0.333 e. The standard InChI is InChI=1S/C23H32N2O6/c1-25(11-13(19(28)29)10-16(26)27)12-23(24)15-3-4-21(6-7-21)14-2-5-22(8-9-22)17(14)18(15)31-20(23)30/h10,14-15,17-18H,2-9,11-12,24H2,1H3,(H,26,27)(H,28,29). The molecule has 5 atom stereocenters. The summed E-state index contributed by atoms with van der Waals surface area (Å²) in [6.45, 7) is 0.0415. The molecule has 2 spiro atoms. The first-order valence-corrected chi connectivity index (χ1v) is 11.5. The predicted molar refractivity (Wildman–Crippen MR) is 110 cm³/mol. The van der Waals surface area contributed by atoms with E-state index in [1.165, 1.54) is 38.5 Å². The zero-order valence-electron chi connectivity index (χ0n) is 18.0. The van der Waals surface area contributed by atoms with Crippen LogP contribution in [0.1, 0.15) is 51.4 Å². The van der Waals surface area contributed by atoms with Gasteiger partial charge in [-0.25, -0.2) is 14.4 Å². The fraction of sp³-hybridized carbons (Fsp3) is 0.783. The van der Waals surface area contributed by atoms with E-state index < -0.39 is 17.5 Å². The molecule has 4 saturated carbocycles. The third-order valence-electron chi connectivity index (χ3n) is 9.20. The Morgan fingerprint density at radius 2 is 1.71 bits per heavy atom. The fourth-order valence-corrected chi connectivity index (χ4v) is 7.44. The molecule has 0 aromatic rings. The van der Waals surface area contributed by atoms with Gasteiger partial charge in [0.25, 0.3) is 0 Å². The van der Waals surface area contributed by atoms with Gasteiger partial charge in [0, 0.05) is 31.0 Å². The van der Waals surface area contributed by atoms with Crippen molar-refractivity contribution < 1.29 is 29.3 Å². The van der Waals surface area contributed by atoms with E-state index in [2.05, 4.69) is 0 Å². The van der Waals surface area contributed by atoms with Crippen LogP contribution >= 0.6 is 0 Å². The summed E-state index contributed by atoms with van der Waals surface area (Å²) in [5.41, 5.74) is 6.10. The van der Waals surface area contributed by atoms with E-state index in [1.54, 1.807) is 11.9 Å². The molecule has 4 N–H and O–H groups in total. The van der Waals surface area contributed by atoms with E-state index in [9.17, 15) is 19.5 Å². The summed E-state index contributed by atoms with van der Waals surface area (Å²) in [6, 6.07) is 0. The number of nitrogens with two attached hydrogens (primary N) is 1. The number of hydrogen-bond donors (Lipinski definition) is 3. The summed E-state index contributed by atoms with van der Waals surface area (Å²) in [5, 5.41) is 18.3. The lowest BCUT2D eigenvalue weighted by molar-refractivity contribution is -0.148. The van der Waals surface area contributed by atoms with E-state index in [4.69, 9.17) is 15.6 Å². The van der Waals surface area contributed by atoms with E-state index in [-0.39, 0.29) is 36.7 Å². The van der Waals surface area contributed by atoms with E-state index >= 15 is 0 Å². The lowest BCUT2D eigenvalue weighted by Crippen LogP contribution is -2.58. The summed E-state index contributed by atoms with van der Waals surface area (Å²) < 4.78 is 6.07. The Bertz CT molecular complexity index is 860. The quantitative estimate of drug-likeness (QED) is 0.426. The second kappa shape index (κ2) is 6.78. The van der Waals surface area contributed by atoms with Crippen molar-refractivity contribution in [2.24, 2.45) is 34.3 Å². The van der Waals surface area contributed by atoms with Crippen molar-refractivity contribution >= 4 is 17.9 Å². The molecule has 0 aromatic carbocycles. The lowest BCUT2D eigenvalue weighted by atomic mass is 9.72. The van der Waals surface area contributed by atoms with E-state index in [1.807, 2.05) is 0 Å². The van der Waals surface area contributed by atoms with Gasteiger partial charge in [-0.2, -0.15) is 0 Å². The molecule has 5 rings (SSSR count). The number of esters is 1. The number of carbonyl (C=O) groups excluding carboxylic acids is 1. The van der Waals surface area contributed by atoms with Gasteiger partial charge < -0.3 is 20.7 Å². The number of carboxylic acids is 2. The number of carbonyl (C=O) groups is 3. The van der Waals surface area contributed by atoms with Gasteiger partial charge >= 0.3 is 17.9 Å². The van der Waals surface area contributed by atoms with Gasteiger partial charge in [-0.05, 0) is 75.2 Å². The van der Waals surface area contributed by atoms with Crippen molar-refractivity contribution in [1.82, 2.24) is 4.90 Å². The molecule has 31 heavy (non-hydrogen) atoms. The van der Waals surface area contributed by atoms with Gasteiger partial charge in [0.15, 0.2) is 0 Å². The van der Waals surface area contributed by atoms with Crippen molar-refractivity contribution in [3.63, 3.8) is 0 Å². The van der Waals surface area contributed by atoms with Crippen LogP contribution in [0.2, 0.25) is 0 Å². The summed E-state index contributed by atoms with van der Waals surface area (Å²) >= 11 is 0. The number of ether oxygens (including phenoxy) is 1. The number of hydrogen-bond acceptors (Lipinski definition) is 6. The SMILES string of the molecule is CN(CC(=CC(=O)O)C(=O)O)CC1(N)C(=O)OC2C3C(CCC34CC4)C3(CCC21)CC3. The maximum absolute atomic E-state index is 13.1. The van der Waals surface area contributed by atoms with Gasteiger partial charge in [0.05, 0.1) is 5.57 Å². The molecule has 1 aliphatic heterocycles. The van der Waals surface area contributed by atoms with Crippen LogP contribution in [0.5, 0.6) is 0 Å². The summed E-state index contributed by atoms with van der Waals surface area (Å²) in [4.78, 5) is 37.1. The number of rotatable bonds is 6. The maximum atomic E-state index is 13.1. The van der Waals surface area contributed by atoms with Crippen LogP contribution in [0.3, 0.4) is 0 Å². The summed E-state index contributed by atoms with van der Waals surface area (Å²) in [7, 11) is 1.67. The van der Waals surface area contributed by atoms with Gasteiger partial charge in [-0.15, -0.1) is 0 Å². The molecule has 5 fully saturated rings. The molecule has 1 heterocycles. The van der Waals surface area contributed by atoms with Crippen molar-refractivity contribution in [2.75, 3.05) is 20.1 Å². The van der Waals surface area contributed by atoms with Gasteiger partial charge in [-0.3, -0.25) is 4.90 Å². The molecule has 8 nitrogen and oxygen atoms in total. The molecule has 8 heteroatoms. The number of likely N-dealkylation sites (N-methyl/N-ethyl adjacent to an activating group) is 1. The van der Waals surface area contributed by atoms with E-state index in [0.717, 1.165) is 12.8 Å². The topological polar surface area (TPSA) is 130 Å². The average molecular weight is 433 g/mol. The Balaban J connectivity index is 1.39. The first kappa shape index (κ1) is 20.9. The molecule has 5 unspecified atom stereocenters. The molecular weight excluding hydrogens is 400 g/mol. The lowest BCUT2D eigenvalue weighted by Gasteiger charge is -2.35. The molecule has 4 aliphatic carbocycles. The Labute approximate surface area is 181 Å². The van der Waals surface area contributed by atoms with Gasteiger partial charge in [0.2, 0.25) is 0 Å². The monoisotopic (exact) mass is 432 g/mol. The van der Waals surface area contributed by atoms with Crippen LogP contribution in [0, 0.1) is 28.6 Å². The maximum Gasteiger partial charge on any atom is 0.333 e. The summed E-state index contributed by atoms with van der Waals surface area (Å²) in [5.74, 6) is -2.03. The highest BCUT2D eigenvalue weighted by molar-refractivity contribution is 5.95. The minimum Gasteiger partial charge on any atom is -0.478 e. The minimum atomic E-state index is -1.31. The molecule has 0 bridgehead atoms. The van der Waals surface area contributed by atoms with Crippen molar-refractivity contribution in [1.29, 1.82) is 0 Å². The molecule has 0 amide bonds. The number of fused-ring (bicyclic) bond motifs is 5. The third kappa shape index (κ3) is 3.21. The van der Waals surface area contributed by atoms with Crippen molar-refractivity contribution in [3.8, 4) is 0 Å². The Kier molecular flexibility index (Phi) is 4.58. The normalized spacial score (nSPS) is 39.2. The van der Waals surface area contributed by atoms with Crippen LogP contribution in [0.4, 0.5) is 0 Å². The highest BCUT2D eigenvalue weighted by Crippen LogP contribution is 2.75. The molecule has 1 saturated heterocycles. The van der Waals surface area contributed by atoms with Crippen LogP contribution in [0.25, 0.3) is 0 Å². The molecule has 5 aliphatic rings. The minimum absolute atomic E-state index is 0.0813. The third-order valence-corrected chi connectivity index (χ3v) is 9.20. The number of aliphatic carboxylic acids is 2. The fourth-order valence-electron chi connectivity index (χ4n) is 7.44. The highest BCUT2D eigenvalue weighted by Gasteiger charge is 2.71. The average Bonchev–Trinajstić information content (AvgIpc) is 3.57. The Hall–Kier alpha value is -1.93. The first-order chi connectivity index (χ1) is 14.6. The van der Waals surface area contributed by atoms with Crippen LogP contribution in [-0.2, 0) is 19.1 Å². The zero-order chi connectivity index (χ0) is 22.2. The van der Waals surface area contributed by atoms with Crippen LogP contribution in [0.15, 0.2) is 11.6 Å². The van der Waals surface area contributed by atoms with Crippen molar-refractivity contribution in [3.05, 3.63) is 11.6 Å². The molecule has 170 valence electrons. The number of carboxylic acid groups (broad SMARTS) is 2. The molecular formula is C23H32N2O6. The highest BCUT2D eigenvalue weighted by atomic mass is 16.6. The molecule has 0 aromatic heterocycles.